The lowest BCUT2D eigenvalue weighted by atomic mass is 10.0. The summed E-state index contributed by atoms with van der Waals surface area (Å²) in [6, 6.07) is -3.69. The van der Waals surface area contributed by atoms with E-state index in [4.69, 9.17) is 15.9 Å². The average Bonchev–Trinajstić information content (AvgIpc) is 2.39. The highest BCUT2D eigenvalue weighted by Crippen LogP contribution is 2.04. The zero-order valence-electron chi connectivity index (χ0n) is 12.2. The van der Waals surface area contributed by atoms with E-state index in [1.807, 2.05) is 0 Å². The van der Waals surface area contributed by atoms with Crippen molar-refractivity contribution < 1.29 is 29.7 Å². The van der Waals surface area contributed by atoms with Crippen LogP contribution in [0.4, 0.5) is 0 Å². The van der Waals surface area contributed by atoms with Gasteiger partial charge in [-0.3, -0.25) is 9.59 Å². The van der Waals surface area contributed by atoms with Crippen LogP contribution in [0.1, 0.15) is 20.8 Å². The Morgan fingerprint density at radius 2 is 1.62 bits per heavy atom. The molecule has 2 amide bonds. The maximum atomic E-state index is 12.0. The molecule has 9 nitrogen and oxygen atoms in total. The van der Waals surface area contributed by atoms with Crippen LogP contribution in [-0.4, -0.2) is 63.9 Å². The quantitative estimate of drug-likeness (QED) is 0.286. The molecule has 0 unspecified atom stereocenters. The molecule has 21 heavy (non-hydrogen) atoms. The maximum Gasteiger partial charge on any atom is 0.328 e. The number of nitrogens with two attached hydrogens (primary N) is 1. The SMILES string of the molecule is CC(C)[C@H](NC(=O)[C@@H](N)[C@@H](C)O)C(=O)N[C@@H](CO)C(=O)O. The van der Waals surface area contributed by atoms with Crippen molar-refractivity contribution in [3.63, 3.8) is 0 Å². The van der Waals surface area contributed by atoms with Gasteiger partial charge >= 0.3 is 5.97 Å². The van der Waals surface area contributed by atoms with Crippen molar-refractivity contribution in [3.8, 4) is 0 Å². The topological polar surface area (TPSA) is 162 Å². The maximum absolute atomic E-state index is 12.0. The second-order valence-corrected chi connectivity index (χ2v) is 5.08. The third kappa shape index (κ3) is 6.06. The highest BCUT2D eigenvalue weighted by Gasteiger charge is 2.30. The molecule has 0 aromatic carbocycles. The standard InChI is InChI=1S/C12H23N3O6/c1-5(2)9(15-10(18)8(13)6(3)17)11(19)14-7(4-16)12(20)21/h5-9,16-17H,4,13H2,1-3H3,(H,14,19)(H,15,18)(H,20,21)/t6-,7+,8+,9+/m1/s1. The Morgan fingerprint density at radius 3 is 1.95 bits per heavy atom. The van der Waals surface area contributed by atoms with Crippen molar-refractivity contribution in [1.82, 2.24) is 10.6 Å². The van der Waals surface area contributed by atoms with Crippen molar-refractivity contribution in [1.29, 1.82) is 0 Å². The van der Waals surface area contributed by atoms with Crippen LogP contribution in [0.2, 0.25) is 0 Å². The number of aliphatic hydroxyl groups is 2. The van der Waals surface area contributed by atoms with Crippen LogP contribution in [0.25, 0.3) is 0 Å². The highest BCUT2D eigenvalue weighted by molar-refractivity contribution is 5.92. The summed E-state index contributed by atoms with van der Waals surface area (Å²) in [5.74, 6) is -3.21. The van der Waals surface area contributed by atoms with E-state index in [1.165, 1.54) is 6.92 Å². The number of rotatable bonds is 8. The van der Waals surface area contributed by atoms with Crippen LogP contribution in [0.15, 0.2) is 0 Å². The van der Waals surface area contributed by atoms with Crippen molar-refractivity contribution >= 4 is 17.8 Å². The van der Waals surface area contributed by atoms with Crippen LogP contribution in [0, 0.1) is 5.92 Å². The van der Waals surface area contributed by atoms with Crippen molar-refractivity contribution in [2.75, 3.05) is 6.61 Å². The first-order valence-electron chi connectivity index (χ1n) is 6.49. The largest absolute Gasteiger partial charge is 0.480 e. The molecule has 0 aromatic heterocycles. The van der Waals surface area contributed by atoms with Gasteiger partial charge < -0.3 is 31.7 Å². The zero-order valence-corrected chi connectivity index (χ0v) is 12.2. The van der Waals surface area contributed by atoms with E-state index in [0.717, 1.165) is 0 Å². The van der Waals surface area contributed by atoms with Crippen LogP contribution < -0.4 is 16.4 Å². The fraction of sp³-hybridized carbons (Fsp3) is 0.750. The minimum Gasteiger partial charge on any atom is -0.480 e. The molecule has 0 saturated carbocycles. The lowest BCUT2D eigenvalue weighted by Gasteiger charge is -2.25. The van der Waals surface area contributed by atoms with Gasteiger partial charge in [0.05, 0.1) is 12.7 Å². The molecular weight excluding hydrogens is 282 g/mol. The molecule has 0 aliphatic heterocycles. The second kappa shape index (κ2) is 8.55. The van der Waals surface area contributed by atoms with Gasteiger partial charge in [-0.1, -0.05) is 13.8 Å². The molecule has 0 aliphatic rings. The minimum absolute atomic E-state index is 0.344. The lowest BCUT2D eigenvalue weighted by molar-refractivity contribution is -0.143. The Morgan fingerprint density at radius 1 is 1.10 bits per heavy atom. The number of aliphatic carboxylic acids is 1. The first-order valence-corrected chi connectivity index (χ1v) is 6.49. The lowest BCUT2D eigenvalue weighted by Crippen LogP contribution is -2.58. The summed E-state index contributed by atoms with van der Waals surface area (Å²) in [5.41, 5.74) is 5.46. The van der Waals surface area contributed by atoms with E-state index in [9.17, 15) is 19.5 Å². The van der Waals surface area contributed by atoms with E-state index in [-0.39, 0.29) is 5.92 Å². The van der Waals surface area contributed by atoms with E-state index in [0.29, 0.717) is 0 Å². The van der Waals surface area contributed by atoms with Gasteiger partial charge in [0.25, 0.3) is 0 Å². The summed E-state index contributed by atoms with van der Waals surface area (Å²) in [5, 5.41) is 31.4. The monoisotopic (exact) mass is 305 g/mol. The molecule has 0 radical (unpaired) electrons. The normalized spacial score (nSPS) is 16.7. The van der Waals surface area contributed by atoms with Crippen LogP contribution in [0.5, 0.6) is 0 Å². The highest BCUT2D eigenvalue weighted by atomic mass is 16.4. The predicted octanol–water partition coefficient (Wildman–Crippen LogP) is -2.60. The number of amides is 2. The molecule has 0 saturated heterocycles. The number of nitrogens with one attached hydrogen (secondary N) is 2. The minimum atomic E-state index is -1.46. The number of carbonyl (C=O) groups is 3. The number of hydrogen-bond donors (Lipinski definition) is 6. The molecule has 7 N–H and O–H groups in total. The number of carbonyl (C=O) groups excluding carboxylic acids is 2. The fourth-order valence-corrected chi connectivity index (χ4v) is 1.45. The molecule has 0 aliphatic carbocycles. The van der Waals surface area contributed by atoms with E-state index < -0.39 is 48.6 Å². The van der Waals surface area contributed by atoms with Gasteiger partial charge in [0.15, 0.2) is 0 Å². The van der Waals surface area contributed by atoms with Crippen molar-refractivity contribution in [2.24, 2.45) is 11.7 Å². The summed E-state index contributed by atoms with van der Waals surface area (Å²) >= 11 is 0. The summed E-state index contributed by atoms with van der Waals surface area (Å²) in [7, 11) is 0. The van der Waals surface area contributed by atoms with Gasteiger partial charge in [0.2, 0.25) is 11.8 Å². The van der Waals surface area contributed by atoms with E-state index in [1.54, 1.807) is 13.8 Å². The Balaban J connectivity index is 4.87. The van der Waals surface area contributed by atoms with Crippen molar-refractivity contribution in [3.05, 3.63) is 0 Å². The third-order valence-electron chi connectivity index (χ3n) is 2.87. The smallest absolute Gasteiger partial charge is 0.328 e. The zero-order chi connectivity index (χ0) is 16.7. The number of carboxylic acid groups (broad SMARTS) is 1. The first-order chi connectivity index (χ1) is 9.61. The van der Waals surface area contributed by atoms with Crippen LogP contribution >= 0.6 is 0 Å². The Kier molecular flexibility index (Phi) is 7.85. The van der Waals surface area contributed by atoms with Crippen LogP contribution in [0.3, 0.4) is 0 Å². The average molecular weight is 305 g/mol. The predicted molar refractivity (Wildman–Crippen MR) is 73.1 cm³/mol. The van der Waals surface area contributed by atoms with E-state index in [2.05, 4.69) is 10.6 Å². The third-order valence-corrected chi connectivity index (χ3v) is 2.87. The number of carboxylic acids is 1. The van der Waals surface area contributed by atoms with Gasteiger partial charge in [-0.2, -0.15) is 0 Å². The molecule has 9 heteroatoms. The van der Waals surface area contributed by atoms with Crippen LogP contribution in [-0.2, 0) is 14.4 Å². The molecule has 122 valence electrons. The van der Waals surface area contributed by atoms with Gasteiger partial charge in [-0.05, 0) is 12.8 Å². The molecule has 0 fully saturated rings. The Bertz CT molecular complexity index is 385. The summed E-state index contributed by atoms with van der Waals surface area (Å²) in [6.07, 6.45) is -1.09. The fourth-order valence-electron chi connectivity index (χ4n) is 1.45. The second-order valence-electron chi connectivity index (χ2n) is 5.08. The molecule has 0 spiro atoms. The summed E-state index contributed by atoms with van der Waals surface area (Å²) < 4.78 is 0. The Labute approximate surface area is 122 Å². The van der Waals surface area contributed by atoms with Gasteiger partial charge in [-0.15, -0.1) is 0 Å². The molecule has 0 rings (SSSR count). The Hall–Kier alpha value is -1.71. The summed E-state index contributed by atoms with van der Waals surface area (Å²) in [6.45, 7) is 3.86. The van der Waals surface area contributed by atoms with Gasteiger partial charge in [0.1, 0.15) is 18.1 Å². The summed E-state index contributed by atoms with van der Waals surface area (Å²) in [4.78, 5) is 34.5. The van der Waals surface area contributed by atoms with Crippen molar-refractivity contribution in [2.45, 2.75) is 45.0 Å². The molecule has 0 heterocycles. The molecule has 0 aromatic rings. The first kappa shape index (κ1) is 19.3. The molecule has 4 atom stereocenters. The van der Waals surface area contributed by atoms with Gasteiger partial charge in [0, 0.05) is 0 Å². The number of aliphatic hydroxyl groups excluding tert-OH is 2. The molecular formula is C12H23N3O6. The van der Waals surface area contributed by atoms with E-state index >= 15 is 0 Å². The number of hydrogen-bond acceptors (Lipinski definition) is 6. The van der Waals surface area contributed by atoms with Gasteiger partial charge in [-0.25, -0.2) is 4.79 Å². The molecule has 0 bridgehead atoms.